The molecule has 0 N–H and O–H groups in total. The van der Waals surface area contributed by atoms with Crippen molar-refractivity contribution in [3.63, 3.8) is 0 Å². The molecule has 16 heavy (non-hydrogen) atoms. The quantitative estimate of drug-likeness (QED) is 0.736. The van der Waals surface area contributed by atoms with Gasteiger partial charge in [0.15, 0.2) is 0 Å². The number of ether oxygens (including phenoxy) is 1. The summed E-state index contributed by atoms with van der Waals surface area (Å²) >= 11 is 0. The average Bonchev–Trinajstić information content (AvgIpc) is 2.17. The fourth-order valence-corrected chi connectivity index (χ4v) is 2.10. The first-order valence-electron chi connectivity index (χ1n) is 6.23. The molecule has 1 fully saturated rings. The van der Waals surface area contributed by atoms with E-state index < -0.39 is 0 Å². The number of nitrogens with zero attached hydrogens (tertiary/aromatic N) is 1. The van der Waals surface area contributed by atoms with Gasteiger partial charge < -0.3 is 4.74 Å². The Kier molecular flexibility index (Phi) is 4.51. The molecule has 94 valence electrons. The summed E-state index contributed by atoms with van der Waals surface area (Å²) in [5.41, 5.74) is -0.246. The van der Waals surface area contributed by atoms with E-state index in [4.69, 9.17) is 4.74 Å². The van der Waals surface area contributed by atoms with Gasteiger partial charge in [-0.1, -0.05) is 20.8 Å². The molecule has 0 bridgehead atoms. The van der Waals surface area contributed by atoms with E-state index in [-0.39, 0.29) is 17.3 Å². The summed E-state index contributed by atoms with van der Waals surface area (Å²) in [5, 5.41) is 0. The van der Waals surface area contributed by atoms with Crippen molar-refractivity contribution in [3.05, 3.63) is 0 Å². The molecule has 1 aliphatic heterocycles. The fraction of sp³-hybridized carbons (Fsp3) is 0.923. The van der Waals surface area contributed by atoms with Crippen LogP contribution in [-0.2, 0) is 9.53 Å². The van der Waals surface area contributed by atoms with E-state index in [1.807, 2.05) is 13.8 Å². The highest BCUT2D eigenvalue weighted by Gasteiger charge is 2.32. The zero-order chi connectivity index (χ0) is 12.3. The number of ketones is 1. The lowest BCUT2D eigenvalue weighted by Gasteiger charge is -2.41. The monoisotopic (exact) mass is 227 g/mol. The standard InChI is InChI=1S/C13H25NO2/c1-6-12-8-16-10(2)7-14(12)9-13(4,5)11(3)15/h10,12H,6-9H2,1-5H3. The fourth-order valence-electron chi connectivity index (χ4n) is 2.10. The number of hydrogen-bond acceptors (Lipinski definition) is 3. The average molecular weight is 227 g/mol. The van der Waals surface area contributed by atoms with E-state index in [0.717, 1.165) is 26.1 Å². The lowest BCUT2D eigenvalue weighted by molar-refractivity contribution is -0.128. The Labute approximate surface area is 99.1 Å². The second-order valence-corrected chi connectivity index (χ2v) is 5.58. The van der Waals surface area contributed by atoms with Crippen molar-refractivity contribution in [2.45, 2.75) is 53.2 Å². The summed E-state index contributed by atoms with van der Waals surface area (Å²) in [6.07, 6.45) is 1.37. The van der Waals surface area contributed by atoms with Crippen LogP contribution in [-0.4, -0.2) is 42.5 Å². The Hall–Kier alpha value is -0.410. The molecule has 0 saturated carbocycles. The van der Waals surface area contributed by atoms with Gasteiger partial charge in [0.1, 0.15) is 5.78 Å². The van der Waals surface area contributed by atoms with E-state index in [1.54, 1.807) is 6.92 Å². The van der Waals surface area contributed by atoms with Gasteiger partial charge in [-0.25, -0.2) is 0 Å². The zero-order valence-corrected chi connectivity index (χ0v) is 11.2. The van der Waals surface area contributed by atoms with Crippen molar-refractivity contribution < 1.29 is 9.53 Å². The molecule has 0 aliphatic carbocycles. The second kappa shape index (κ2) is 5.28. The number of carbonyl (C=O) groups is 1. The van der Waals surface area contributed by atoms with Gasteiger partial charge in [0.05, 0.1) is 12.7 Å². The Bertz CT molecular complexity index is 250. The van der Waals surface area contributed by atoms with Crippen LogP contribution in [0.1, 0.15) is 41.0 Å². The van der Waals surface area contributed by atoms with E-state index in [0.29, 0.717) is 6.04 Å². The Morgan fingerprint density at radius 1 is 1.50 bits per heavy atom. The number of morpholine rings is 1. The molecular formula is C13H25NO2. The molecule has 2 unspecified atom stereocenters. The Balaban J connectivity index is 2.65. The van der Waals surface area contributed by atoms with Crippen LogP contribution >= 0.6 is 0 Å². The molecule has 0 spiro atoms. The first kappa shape index (κ1) is 13.7. The molecule has 0 aromatic carbocycles. The number of carbonyl (C=O) groups excluding carboxylic acids is 1. The van der Waals surface area contributed by atoms with Crippen LogP contribution in [0.3, 0.4) is 0 Å². The smallest absolute Gasteiger partial charge is 0.136 e. The van der Waals surface area contributed by atoms with Gasteiger partial charge in [-0.2, -0.15) is 0 Å². The lowest BCUT2D eigenvalue weighted by Crippen LogP contribution is -2.52. The van der Waals surface area contributed by atoms with E-state index in [2.05, 4.69) is 18.7 Å². The first-order chi connectivity index (χ1) is 7.36. The summed E-state index contributed by atoms with van der Waals surface area (Å²) < 4.78 is 5.66. The molecule has 0 amide bonds. The van der Waals surface area contributed by atoms with Crippen LogP contribution in [0, 0.1) is 5.41 Å². The van der Waals surface area contributed by atoms with Crippen LogP contribution in [0.25, 0.3) is 0 Å². The molecule has 3 nitrogen and oxygen atoms in total. The number of Topliss-reactive ketones (excluding diaryl/α,β-unsaturated/α-hetero) is 1. The molecular weight excluding hydrogens is 202 g/mol. The molecule has 1 saturated heterocycles. The molecule has 0 aromatic rings. The highest BCUT2D eigenvalue weighted by molar-refractivity contribution is 5.81. The van der Waals surface area contributed by atoms with Crippen LogP contribution < -0.4 is 0 Å². The minimum absolute atomic E-state index is 0.246. The minimum Gasteiger partial charge on any atom is -0.376 e. The Morgan fingerprint density at radius 2 is 2.12 bits per heavy atom. The normalized spacial score (nSPS) is 28.1. The molecule has 1 rings (SSSR count). The maximum atomic E-state index is 11.6. The largest absolute Gasteiger partial charge is 0.376 e. The summed E-state index contributed by atoms with van der Waals surface area (Å²) in [7, 11) is 0. The minimum atomic E-state index is -0.246. The van der Waals surface area contributed by atoms with E-state index in [1.165, 1.54) is 0 Å². The van der Waals surface area contributed by atoms with Crippen molar-refractivity contribution in [3.8, 4) is 0 Å². The third-order valence-electron chi connectivity index (χ3n) is 3.60. The summed E-state index contributed by atoms with van der Waals surface area (Å²) in [5.74, 6) is 0.265. The highest BCUT2D eigenvalue weighted by atomic mass is 16.5. The SMILES string of the molecule is CCC1COC(C)CN1CC(C)(C)C(C)=O. The molecule has 1 heterocycles. The van der Waals surface area contributed by atoms with Crippen LogP contribution in [0.5, 0.6) is 0 Å². The first-order valence-corrected chi connectivity index (χ1v) is 6.23. The Morgan fingerprint density at radius 3 is 2.62 bits per heavy atom. The predicted octanol–water partition coefficient (Wildman–Crippen LogP) is 2.10. The highest BCUT2D eigenvalue weighted by Crippen LogP contribution is 2.23. The maximum absolute atomic E-state index is 11.6. The van der Waals surface area contributed by atoms with Gasteiger partial charge in [0, 0.05) is 24.5 Å². The van der Waals surface area contributed by atoms with Crippen molar-refractivity contribution in [2.75, 3.05) is 19.7 Å². The molecule has 2 atom stereocenters. The van der Waals surface area contributed by atoms with E-state index >= 15 is 0 Å². The number of hydrogen-bond donors (Lipinski definition) is 0. The van der Waals surface area contributed by atoms with Crippen molar-refractivity contribution >= 4 is 5.78 Å². The summed E-state index contributed by atoms with van der Waals surface area (Å²) in [6.45, 7) is 12.6. The van der Waals surface area contributed by atoms with Crippen molar-refractivity contribution in [1.82, 2.24) is 4.90 Å². The third kappa shape index (κ3) is 3.29. The summed E-state index contributed by atoms with van der Waals surface area (Å²) in [4.78, 5) is 14.0. The van der Waals surface area contributed by atoms with Gasteiger partial charge in [0.2, 0.25) is 0 Å². The predicted molar refractivity (Wildman–Crippen MR) is 65.5 cm³/mol. The van der Waals surface area contributed by atoms with Crippen LogP contribution in [0.4, 0.5) is 0 Å². The molecule has 0 aromatic heterocycles. The summed E-state index contributed by atoms with van der Waals surface area (Å²) in [6, 6.07) is 0.467. The van der Waals surface area contributed by atoms with Crippen molar-refractivity contribution in [2.24, 2.45) is 5.41 Å². The zero-order valence-electron chi connectivity index (χ0n) is 11.2. The maximum Gasteiger partial charge on any atom is 0.136 e. The molecule has 0 radical (unpaired) electrons. The van der Waals surface area contributed by atoms with Crippen LogP contribution in [0.15, 0.2) is 0 Å². The van der Waals surface area contributed by atoms with Crippen LogP contribution in [0.2, 0.25) is 0 Å². The second-order valence-electron chi connectivity index (χ2n) is 5.58. The van der Waals surface area contributed by atoms with Crippen molar-refractivity contribution in [1.29, 1.82) is 0 Å². The van der Waals surface area contributed by atoms with Gasteiger partial charge in [-0.3, -0.25) is 9.69 Å². The van der Waals surface area contributed by atoms with Gasteiger partial charge in [-0.05, 0) is 20.3 Å². The third-order valence-corrected chi connectivity index (χ3v) is 3.60. The van der Waals surface area contributed by atoms with Gasteiger partial charge in [-0.15, -0.1) is 0 Å². The number of rotatable bonds is 4. The van der Waals surface area contributed by atoms with Gasteiger partial charge in [0.25, 0.3) is 0 Å². The lowest BCUT2D eigenvalue weighted by atomic mass is 9.87. The molecule has 1 aliphatic rings. The topological polar surface area (TPSA) is 29.5 Å². The molecule has 3 heteroatoms. The van der Waals surface area contributed by atoms with E-state index in [9.17, 15) is 4.79 Å². The van der Waals surface area contributed by atoms with Gasteiger partial charge >= 0.3 is 0 Å².